The fraction of sp³-hybridized carbons (Fsp3) is 0.133. The Bertz CT molecular complexity index is 835. The first-order valence-corrected chi connectivity index (χ1v) is 6.19. The topological polar surface area (TPSA) is 72.0 Å². The van der Waals surface area contributed by atoms with Crippen molar-refractivity contribution in [1.29, 1.82) is 0 Å². The molecule has 0 aliphatic heterocycles. The lowest BCUT2D eigenvalue weighted by Gasteiger charge is -2.13. The molecule has 0 aliphatic rings. The molecule has 0 radical (unpaired) electrons. The average molecular weight is 272 g/mol. The van der Waals surface area contributed by atoms with E-state index in [0.29, 0.717) is 16.7 Å². The van der Waals surface area contributed by atoms with Gasteiger partial charge in [0.2, 0.25) is 0 Å². The first-order valence-electron chi connectivity index (χ1n) is 6.19. The van der Waals surface area contributed by atoms with E-state index in [4.69, 9.17) is 10.2 Å². The molecule has 1 unspecified atom stereocenters. The first kappa shape index (κ1) is 12.6. The van der Waals surface area contributed by atoms with Gasteiger partial charge in [-0.05, 0) is 41.8 Å². The summed E-state index contributed by atoms with van der Waals surface area (Å²) in [6.45, 7) is 1.69. The number of aromatic amines is 1. The Labute approximate surface area is 114 Å². The zero-order valence-electron chi connectivity index (χ0n) is 10.8. The molecule has 0 bridgehead atoms. The smallest absolute Gasteiger partial charge is 0.408 e. The van der Waals surface area contributed by atoms with Gasteiger partial charge in [0.05, 0.1) is 11.6 Å². The van der Waals surface area contributed by atoms with Gasteiger partial charge in [-0.3, -0.25) is 4.98 Å². The van der Waals surface area contributed by atoms with E-state index in [1.807, 2.05) is 6.07 Å². The van der Waals surface area contributed by atoms with Crippen molar-refractivity contribution in [3.8, 4) is 0 Å². The lowest BCUT2D eigenvalue weighted by atomic mass is 9.98. The van der Waals surface area contributed by atoms with Crippen LogP contribution in [0.1, 0.15) is 22.7 Å². The minimum Gasteiger partial charge on any atom is -0.408 e. The maximum Gasteiger partial charge on any atom is 0.417 e. The van der Waals surface area contributed by atoms with Gasteiger partial charge in [0, 0.05) is 0 Å². The van der Waals surface area contributed by atoms with Crippen molar-refractivity contribution in [2.24, 2.45) is 5.73 Å². The molecular weight excluding hydrogens is 259 g/mol. The number of H-pyrrole nitrogens is 1. The standard InChI is InChI=1S/C15H13FN2O2/c1-8-6-9(2-4-11(8)16)14(17)10-3-5-12-13(7-10)20-15(19)18-12/h2-7,14H,17H2,1H3,(H,18,19). The molecule has 0 amide bonds. The molecule has 1 aromatic heterocycles. The Balaban J connectivity index is 2.04. The summed E-state index contributed by atoms with van der Waals surface area (Å²) in [6.07, 6.45) is 0. The number of benzene rings is 2. The monoisotopic (exact) mass is 272 g/mol. The van der Waals surface area contributed by atoms with Crippen molar-refractivity contribution in [1.82, 2.24) is 4.98 Å². The summed E-state index contributed by atoms with van der Waals surface area (Å²) in [4.78, 5) is 13.7. The Morgan fingerprint density at radius 2 is 1.90 bits per heavy atom. The summed E-state index contributed by atoms with van der Waals surface area (Å²) in [6, 6.07) is 9.65. The third-order valence-corrected chi connectivity index (χ3v) is 3.35. The lowest BCUT2D eigenvalue weighted by molar-refractivity contribution is 0.555. The second-order valence-corrected chi connectivity index (χ2v) is 4.76. The maximum atomic E-state index is 13.3. The third kappa shape index (κ3) is 2.12. The highest BCUT2D eigenvalue weighted by atomic mass is 19.1. The molecule has 102 valence electrons. The molecule has 4 nitrogen and oxygen atoms in total. The number of nitrogens with one attached hydrogen (secondary N) is 1. The minimum absolute atomic E-state index is 0.256. The number of rotatable bonds is 2. The molecule has 5 heteroatoms. The second-order valence-electron chi connectivity index (χ2n) is 4.76. The summed E-state index contributed by atoms with van der Waals surface area (Å²) in [5.74, 6) is -0.753. The molecule has 1 atom stereocenters. The molecule has 0 fully saturated rings. The van der Waals surface area contributed by atoms with E-state index in [1.54, 1.807) is 31.2 Å². The van der Waals surface area contributed by atoms with Crippen molar-refractivity contribution in [3.63, 3.8) is 0 Å². The number of nitrogens with two attached hydrogens (primary N) is 1. The number of aryl methyl sites for hydroxylation is 1. The Morgan fingerprint density at radius 1 is 1.20 bits per heavy atom. The zero-order chi connectivity index (χ0) is 14.3. The van der Waals surface area contributed by atoms with Gasteiger partial charge in [0.25, 0.3) is 0 Å². The number of hydrogen-bond donors (Lipinski definition) is 2. The highest BCUT2D eigenvalue weighted by Gasteiger charge is 2.12. The molecule has 3 aromatic rings. The van der Waals surface area contributed by atoms with Gasteiger partial charge in [-0.1, -0.05) is 18.2 Å². The van der Waals surface area contributed by atoms with Crippen LogP contribution in [-0.4, -0.2) is 4.98 Å². The largest absolute Gasteiger partial charge is 0.417 e. The van der Waals surface area contributed by atoms with E-state index >= 15 is 0 Å². The van der Waals surface area contributed by atoms with Gasteiger partial charge in [0.1, 0.15) is 5.82 Å². The van der Waals surface area contributed by atoms with Crippen LogP contribution in [-0.2, 0) is 0 Å². The molecule has 0 saturated carbocycles. The highest BCUT2D eigenvalue weighted by Crippen LogP contribution is 2.24. The fourth-order valence-corrected chi connectivity index (χ4v) is 2.21. The summed E-state index contributed by atoms with van der Waals surface area (Å²) in [5.41, 5.74) is 9.42. The van der Waals surface area contributed by atoms with Gasteiger partial charge in [-0.2, -0.15) is 0 Å². The van der Waals surface area contributed by atoms with Crippen LogP contribution in [0.3, 0.4) is 0 Å². The molecule has 0 spiro atoms. The van der Waals surface area contributed by atoms with Crippen LogP contribution < -0.4 is 11.5 Å². The van der Waals surface area contributed by atoms with E-state index in [9.17, 15) is 9.18 Å². The molecule has 0 saturated heterocycles. The van der Waals surface area contributed by atoms with Crippen LogP contribution >= 0.6 is 0 Å². The van der Waals surface area contributed by atoms with E-state index in [1.165, 1.54) is 6.07 Å². The van der Waals surface area contributed by atoms with Gasteiger partial charge < -0.3 is 10.2 Å². The van der Waals surface area contributed by atoms with Gasteiger partial charge in [-0.25, -0.2) is 9.18 Å². The van der Waals surface area contributed by atoms with Crippen LogP contribution in [0, 0.1) is 12.7 Å². The predicted molar refractivity (Wildman–Crippen MR) is 74.0 cm³/mol. The van der Waals surface area contributed by atoms with Crippen LogP contribution in [0.15, 0.2) is 45.6 Å². The Kier molecular flexibility index (Phi) is 2.91. The first-order chi connectivity index (χ1) is 9.54. The van der Waals surface area contributed by atoms with E-state index in [0.717, 1.165) is 11.1 Å². The van der Waals surface area contributed by atoms with Crippen LogP contribution in [0.4, 0.5) is 4.39 Å². The quantitative estimate of drug-likeness (QED) is 0.753. The van der Waals surface area contributed by atoms with Crippen molar-refractivity contribution >= 4 is 11.1 Å². The van der Waals surface area contributed by atoms with Crippen LogP contribution in [0.2, 0.25) is 0 Å². The van der Waals surface area contributed by atoms with Gasteiger partial charge in [-0.15, -0.1) is 0 Å². The van der Waals surface area contributed by atoms with Gasteiger partial charge >= 0.3 is 5.76 Å². The molecule has 3 rings (SSSR count). The summed E-state index contributed by atoms with van der Waals surface area (Å²) < 4.78 is 18.3. The predicted octanol–water partition coefficient (Wildman–Crippen LogP) is 2.62. The second kappa shape index (κ2) is 4.61. The number of fused-ring (bicyclic) bond motifs is 1. The van der Waals surface area contributed by atoms with Crippen LogP contribution in [0.5, 0.6) is 0 Å². The molecular formula is C15H13FN2O2. The van der Waals surface area contributed by atoms with Crippen molar-refractivity contribution in [2.75, 3.05) is 0 Å². The molecule has 20 heavy (non-hydrogen) atoms. The Morgan fingerprint density at radius 3 is 2.65 bits per heavy atom. The minimum atomic E-state index is -0.497. The fourth-order valence-electron chi connectivity index (χ4n) is 2.21. The van der Waals surface area contributed by atoms with E-state index in [-0.39, 0.29) is 5.82 Å². The zero-order valence-corrected chi connectivity index (χ0v) is 10.8. The molecule has 1 heterocycles. The summed E-state index contributed by atoms with van der Waals surface area (Å²) in [7, 11) is 0. The summed E-state index contributed by atoms with van der Waals surface area (Å²) >= 11 is 0. The number of halogens is 1. The van der Waals surface area contributed by atoms with E-state index in [2.05, 4.69) is 4.98 Å². The number of hydrogen-bond acceptors (Lipinski definition) is 3. The molecule has 0 aliphatic carbocycles. The lowest BCUT2D eigenvalue weighted by Crippen LogP contribution is -2.12. The molecule has 2 aromatic carbocycles. The number of oxazole rings is 1. The molecule has 3 N–H and O–H groups in total. The van der Waals surface area contributed by atoms with Crippen LogP contribution in [0.25, 0.3) is 11.1 Å². The highest BCUT2D eigenvalue weighted by molar-refractivity contribution is 5.73. The average Bonchev–Trinajstić information content (AvgIpc) is 2.80. The normalized spacial score (nSPS) is 12.8. The van der Waals surface area contributed by atoms with Gasteiger partial charge in [0.15, 0.2) is 5.58 Å². The Hall–Kier alpha value is -2.40. The van der Waals surface area contributed by atoms with Crippen molar-refractivity contribution in [2.45, 2.75) is 13.0 Å². The van der Waals surface area contributed by atoms with Crippen molar-refractivity contribution in [3.05, 3.63) is 69.5 Å². The number of aromatic nitrogens is 1. The summed E-state index contributed by atoms with van der Waals surface area (Å²) in [5, 5.41) is 0. The van der Waals surface area contributed by atoms with E-state index < -0.39 is 11.8 Å². The van der Waals surface area contributed by atoms with Crippen molar-refractivity contribution < 1.29 is 8.81 Å². The maximum absolute atomic E-state index is 13.3. The third-order valence-electron chi connectivity index (χ3n) is 3.35. The SMILES string of the molecule is Cc1cc(C(N)c2ccc3[nH]c(=O)oc3c2)ccc1F.